The minimum absolute atomic E-state index is 0.820. The standard InChI is InChI=1S/C9H13N3/c1-10-5-7-6-11-8-3-2-4-9(8)12-7/h6,10H,2-5H2,1H3. The highest BCUT2D eigenvalue weighted by molar-refractivity contribution is 5.18. The van der Waals surface area contributed by atoms with E-state index >= 15 is 0 Å². The number of rotatable bonds is 2. The van der Waals surface area contributed by atoms with Crippen molar-refractivity contribution in [3.8, 4) is 0 Å². The fourth-order valence-corrected chi connectivity index (χ4v) is 1.59. The largest absolute Gasteiger partial charge is 0.314 e. The summed E-state index contributed by atoms with van der Waals surface area (Å²) in [7, 11) is 1.93. The summed E-state index contributed by atoms with van der Waals surface area (Å²) in [5.74, 6) is 0. The van der Waals surface area contributed by atoms with Crippen LogP contribution in [0.1, 0.15) is 23.5 Å². The zero-order chi connectivity index (χ0) is 8.39. The van der Waals surface area contributed by atoms with E-state index < -0.39 is 0 Å². The second-order valence-electron chi connectivity index (χ2n) is 3.14. The topological polar surface area (TPSA) is 37.8 Å². The average molecular weight is 163 g/mol. The van der Waals surface area contributed by atoms with Gasteiger partial charge in [-0.3, -0.25) is 9.97 Å². The van der Waals surface area contributed by atoms with Crippen LogP contribution in [0.5, 0.6) is 0 Å². The fraction of sp³-hybridized carbons (Fsp3) is 0.556. The van der Waals surface area contributed by atoms with Gasteiger partial charge in [0, 0.05) is 6.54 Å². The molecule has 1 aromatic rings. The second kappa shape index (κ2) is 3.19. The molecule has 3 heteroatoms. The summed E-state index contributed by atoms with van der Waals surface area (Å²) in [6.45, 7) is 0.820. The van der Waals surface area contributed by atoms with Crippen molar-refractivity contribution in [3.63, 3.8) is 0 Å². The van der Waals surface area contributed by atoms with Crippen LogP contribution in [-0.4, -0.2) is 17.0 Å². The molecular weight excluding hydrogens is 150 g/mol. The normalized spacial score (nSPS) is 14.8. The number of nitrogens with one attached hydrogen (secondary N) is 1. The monoisotopic (exact) mass is 163 g/mol. The summed E-state index contributed by atoms with van der Waals surface area (Å²) in [6, 6.07) is 0. The van der Waals surface area contributed by atoms with Gasteiger partial charge in [0.15, 0.2) is 0 Å². The number of hydrogen-bond acceptors (Lipinski definition) is 3. The summed E-state index contributed by atoms with van der Waals surface area (Å²) in [6.07, 6.45) is 5.32. The number of aryl methyl sites for hydroxylation is 2. The molecule has 0 saturated carbocycles. The van der Waals surface area contributed by atoms with Crippen molar-refractivity contribution in [2.75, 3.05) is 7.05 Å². The molecular formula is C9H13N3. The molecule has 0 amide bonds. The van der Waals surface area contributed by atoms with Crippen LogP contribution in [0.2, 0.25) is 0 Å². The van der Waals surface area contributed by atoms with Crippen LogP contribution < -0.4 is 5.32 Å². The Balaban J connectivity index is 2.26. The lowest BCUT2D eigenvalue weighted by molar-refractivity contribution is 0.774. The Hall–Kier alpha value is -0.960. The van der Waals surface area contributed by atoms with E-state index in [-0.39, 0.29) is 0 Å². The van der Waals surface area contributed by atoms with E-state index in [2.05, 4.69) is 15.3 Å². The first-order chi connectivity index (χ1) is 5.90. The third kappa shape index (κ3) is 1.32. The highest BCUT2D eigenvalue weighted by Crippen LogP contribution is 2.16. The quantitative estimate of drug-likeness (QED) is 0.697. The van der Waals surface area contributed by atoms with Gasteiger partial charge in [-0.25, -0.2) is 0 Å². The zero-order valence-corrected chi connectivity index (χ0v) is 7.30. The number of fused-ring (bicyclic) bond motifs is 1. The van der Waals surface area contributed by atoms with Crippen LogP contribution >= 0.6 is 0 Å². The predicted octanol–water partition coefficient (Wildman–Crippen LogP) is 0.685. The molecule has 2 rings (SSSR count). The molecule has 0 radical (unpaired) electrons. The average Bonchev–Trinajstić information content (AvgIpc) is 2.51. The van der Waals surface area contributed by atoms with Gasteiger partial charge in [-0.1, -0.05) is 0 Å². The molecule has 0 fully saturated rings. The molecule has 1 aliphatic rings. The van der Waals surface area contributed by atoms with Crippen LogP contribution in [0.25, 0.3) is 0 Å². The number of aromatic nitrogens is 2. The second-order valence-corrected chi connectivity index (χ2v) is 3.14. The van der Waals surface area contributed by atoms with E-state index in [9.17, 15) is 0 Å². The molecule has 0 unspecified atom stereocenters. The van der Waals surface area contributed by atoms with Crippen LogP contribution in [0, 0.1) is 0 Å². The van der Waals surface area contributed by atoms with E-state index in [0.717, 1.165) is 25.1 Å². The van der Waals surface area contributed by atoms with Gasteiger partial charge in [-0.05, 0) is 26.3 Å². The molecule has 12 heavy (non-hydrogen) atoms. The third-order valence-corrected chi connectivity index (χ3v) is 2.17. The SMILES string of the molecule is CNCc1cnc2c(n1)CCC2. The summed E-state index contributed by atoms with van der Waals surface area (Å²) in [5, 5.41) is 3.07. The van der Waals surface area contributed by atoms with Gasteiger partial charge in [0.25, 0.3) is 0 Å². The van der Waals surface area contributed by atoms with Gasteiger partial charge < -0.3 is 5.32 Å². The van der Waals surface area contributed by atoms with Crippen molar-refractivity contribution in [1.29, 1.82) is 0 Å². The smallest absolute Gasteiger partial charge is 0.0728 e. The molecule has 1 aliphatic carbocycles. The van der Waals surface area contributed by atoms with Crippen molar-refractivity contribution in [2.24, 2.45) is 0 Å². The maximum Gasteiger partial charge on any atom is 0.0728 e. The minimum Gasteiger partial charge on any atom is -0.314 e. The van der Waals surface area contributed by atoms with E-state index in [4.69, 9.17) is 0 Å². The third-order valence-electron chi connectivity index (χ3n) is 2.17. The van der Waals surface area contributed by atoms with Crippen molar-refractivity contribution >= 4 is 0 Å². The fourth-order valence-electron chi connectivity index (χ4n) is 1.59. The molecule has 1 heterocycles. The molecule has 1 N–H and O–H groups in total. The molecule has 1 aromatic heterocycles. The van der Waals surface area contributed by atoms with Crippen molar-refractivity contribution in [2.45, 2.75) is 25.8 Å². The Bertz CT molecular complexity index is 283. The summed E-state index contributed by atoms with van der Waals surface area (Å²) < 4.78 is 0. The van der Waals surface area contributed by atoms with Crippen molar-refractivity contribution < 1.29 is 0 Å². The van der Waals surface area contributed by atoms with Crippen LogP contribution in [0.15, 0.2) is 6.20 Å². The molecule has 0 aromatic carbocycles. The van der Waals surface area contributed by atoms with E-state index in [1.807, 2.05) is 13.2 Å². The lowest BCUT2D eigenvalue weighted by atomic mass is 10.3. The lowest BCUT2D eigenvalue weighted by Gasteiger charge is -2.01. The maximum atomic E-state index is 4.52. The van der Waals surface area contributed by atoms with Crippen LogP contribution in [-0.2, 0) is 19.4 Å². The molecule has 0 saturated heterocycles. The molecule has 0 aliphatic heterocycles. The Morgan fingerprint density at radius 2 is 2.25 bits per heavy atom. The van der Waals surface area contributed by atoms with Crippen molar-refractivity contribution in [1.82, 2.24) is 15.3 Å². The minimum atomic E-state index is 0.820. The van der Waals surface area contributed by atoms with Gasteiger partial charge in [-0.2, -0.15) is 0 Å². The van der Waals surface area contributed by atoms with Gasteiger partial charge >= 0.3 is 0 Å². The van der Waals surface area contributed by atoms with E-state index in [1.54, 1.807) is 0 Å². The zero-order valence-electron chi connectivity index (χ0n) is 7.30. The molecule has 0 bridgehead atoms. The summed E-state index contributed by atoms with van der Waals surface area (Å²) >= 11 is 0. The Kier molecular flexibility index (Phi) is 2.04. The first-order valence-electron chi connectivity index (χ1n) is 4.38. The summed E-state index contributed by atoms with van der Waals surface area (Å²) in [5.41, 5.74) is 3.47. The highest BCUT2D eigenvalue weighted by atomic mass is 14.9. The van der Waals surface area contributed by atoms with Gasteiger partial charge in [0.2, 0.25) is 0 Å². The van der Waals surface area contributed by atoms with Crippen LogP contribution in [0.3, 0.4) is 0 Å². The molecule has 64 valence electrons. The van der Waals surface area contributed by atoms with Gasteiger partial charge in [0.05, 0.1) is 23.3 Å². The number of hydrogen-bond donors (Lipinski definition) is 1. The molecule has 0 atom stereocenters. The molecule has 3 nitrogen and oxygen atoms in total. The Labute approximate surface area is 72.2 Å². The first-order valence-corrected chi connectivity index (χ1v) is 4.38. The summed E-state index contributed by atoms with van der Waals surface area (Å²) in [4.78, 5) is 8.89. The van der Waals surface area contributed by atoms with Crippen LogP contribution in [0.4, 0.5) is 0 Å². The Morgan fingerprint density at radius 3 is 3.08 bits per heavy atom. The number of nitrogens with zero attached hydrogens (tertiary/aromatic N) is 2. The van der Waals surface area contributed by atoms with E-state index in [0.29, 0.717) is 0 Å². The highest BCUT2D eigenvalue weighted by Gasteiger charge is 2.13. The van der Waals surface area contributed by atoms with E-state index in [1.165, 1.54) is 17.8 Å². The Morgan fingerprint density at radius 1 is 1.42 bits per heavy atom. The molecule has 0 spiro atoms. The first kappa shape index (κ1) is 7.68. The van der Waals surface area contributed by atoms with Crippen molar-refractivity contribution in [3.05, 3.63) is 23.3 Å². The lowest BCUT2D eigenvalue weighted by Crippen LogP contribution is -2.08. The predicted molar refractivity (Wildman–Crippen MR) is 46.8 cm³/mol. The van der Waals surface area contributed by atoms with Gasteiger partial charge in [-0.15, -0.1) is 0 Å². The van der Waals surface area contributed by atoms with Gasteiger partial charge in [0.1, 0.15) is 0 Å². The maximum absolute atomic E-state index is 4.52.